The lowest BCUT2D eigenvalue weighted by Gasteiger charge is -2.00. The Morgan fingerprint density at radius 3 is 2.76 bits per heavy atom. The smallest absolute Gasteiger partial charge is 0.347 e. The maximum Gasteiger partial charge on any atom is 0.347 e. The molecule has 0 radical (unpaired) electrons. The van der Waals surface area contributed by atoms with Crippen molar-refractivity contribution >= 4 is 28.9 Å². The van der Waals surface area contributed by atoms with E-state index >= 15 is 0 Å². The summed E-state index contributed by atoms with van der Waals surface area (Å²) in [6.07, 6.45) is 0. The van der Waals surface area contributed by atoms with Crippen LogP contribution in [0.3, 0.4) is 0 Å². The van der Waals surface area contributed by atoms with E-state index in [0.717, 1.165) is 11.3 Å². The lowest BCUT2D eigenvalue weighted by Crippen LogP contribution is -1.94. The Kier molecular flexibility index (Phi) is 3.13. The van der Waals surface area contributed by atoms with E-state index in [2.05, 4.69) is 4.98 Å². The van der Waals surface area contributed by atoms with Crippen LogP contribution in [-0.4, -0.2) is 16.1 Å². The molecule has 0 spiro atoms. The van der Waals surface area contributed by atoms with Crippen LogP contribution in [0.25, 0.3) is 10.6 Å². The van der Waals surface area contributed by atoms with Gasteiger partial charge < -0.3 is 5.11 Å². The van der Waals surface area contributed by atoms with Gasteiger partial charge in [-0.15, -0.1) is 11.3 Å². The number of aromatic nitrogens is 1. The van der Waals surface area contributed by atoms with Gasteiger partial charge >= 0.3 is 5.97 Å². The predicted octanol–water partition coefficient (Wildman–Crippen LogP) is 3.61. The molecule has 0 saturated carbocycles. The fraction of sp³-hybridized carbons (Fsp3) is 0.0909. The molecule has 0 bridgehead atoms. The summed E-state index contributed by atoms with van der Waals surface area (Å²) < 4.78 is 13.6. The van der Waals surface area contributed by atoms with Crippen LogP contribution < -0.4 is 0 Å². The number of aryl methyl sites for hydroxylation is 1. The number of thiazole rings is 1. The molecule has 17 heavy (non-hydrogen) atoms. The quantitative estimate of drug-likeness (QED) is 0.908. The van der Waals surface area contributed by atoms with Gasteiger partial charge in [-0.05, 0) is 19.1 Å². The number of halogens is 2. The van der Waals surface area contributed by atoms with Crippen molar-refractivity contribution in [2.24, 2.45) is 0 Å². The van der Waals surface area contributed by atoms with Crippen LogP contribution in [0.15, 0.2) is 18.2 Å². The summed E-state index contributed by atoms with van der Waals surface area (Å²) in [6, 6.07) is 4.29. The number of nitrogens with zero attached hydrogens (tertiary/aromatic N) is 1. The van der Waals surface area contributed by atoms with Crippen LogP contribution in [0.1, 0.15) is 15.4 Å². The average Bonchev–Trinajstić information content (AvgIpc) is 2.60. The van der Waals surface area contributed by atoms with Gasteiger partial charge in [0.25, 0.3) is 0 Å². The van der Waals surface area contributed by atoms with E-state index in [1.807, 2.05) is 0 Å². The summed E-state index contributed by atoms with van der Waals surface area (Å²) >= 11 is 6.80. The highest BCUT2D eigenvalue weighted by Crippen LogP contribution is 2.34. The summed E-state index contributed by atoms with van der Waals surface area (Å²) in [5.41, 5.74) is 0.506. The molecule has 3 nitrogen and oxygen atoms in total. The molecule has 1 aromatic heterocycles. The van der Waals surface area contributed by atoms with Crippen molar-refractivity contribution in [3.8, 4) is 10.6 Å². The van der Waals surface area contributed by atoms with Crippen LogP contribution >= 0.6 is 22.9 Å². The first-order valence-corrected chi connectivity index (χ1v) is 5.85. The molecule has 0 aliphatic carbocycles. The van der Waals surface area contributed by atoms with Crippen LogP contribution in [0.5, 0.6) is 0 Å². The Bertz CT molecular complexity index is 577. The Labute approximate surface area is 106 Å². The molecule has 88 valence electrons. The summed E-state index contributed by atoms with van der Waals surface area (Å²) in [5.74, 6) is -1.58. The zero-order chi connectivity index (χ0) is 12.6. The molecule has 6 heteroatoms. The summed E-state index contributed by atoms with van der Waals surface area (Å²) in [5, 5.41) is 9.41. The second-order valence-corrected chi connectivity index (χ2v) is 4.74. The zero-order valence-corrected chi connectivity index (χ0v) is 10.3. The first-order chi connectivity index (χ1) is 8.00. The van der Waals surface area contributed by atoms with Crippen molar-refractivity contribution in [3.05, 3.63) is 39.6 Å². The number of carboxylic acids is 1. The third-order valence-corrected chi connectivity index (χ3v) is 3.65. The molecule has 0 atom stereocenters. The molecule has 0 unspecified atom stereocenters. The van der Waals surface area contributed by atoms with Crippen LogP contribution in [0.2, 0.25) is 5.02 Å². The maximum atomic E-state index is 13.6. The highest BCUT2D eigenvalue weighted by atomic mass is 35.5. The molecular formula is C11H7ClFNO2S. The fourth-order valence-electron chi connectivity index (χ4n) is 1.40. The van der Waals surface area contributed by atoms with Crippen molar-refractivity contribution in [3.63, 3.8) is 0 Å². The predicted molar refractivity (Wildman–Crippen MR) is 64.2 cm³/mol. The van der Waals surface area contributed by atoms with Gasteiger partial charge in [0.15, 0.2) is 0 Å². The number of hydrogen-bond donors (Lipinski definition) is 1. The Morgan fingerprint density at radius 2 is 2.24 bits per heavy atom. The van der Waals surface area contributed by atoms with Crippen molar-refractivity contribution < 1.29 is 14.3 Å². The number of aromatic carboxylic acids is 1. The van der Waals surface area contributed by atoms with Crippen molar-refractivity contribution in [2.45, 2.75) is 6.92 Å². The molecule has 0 aliphatic heterocycles. The summed E-state index contributed by atoms with van der Waals surface area (Å²) in [4.78, 5) is 15.0. The standard InChI is InChI=1S/C11H7ClFNO2S/c1-5-9(11(15)16)17-10(14-5)8-6(12)3-2-4-7(8)13/h2-4H,1H3,(H,15,16). The van der Waals surface area contributed by atoms with Gasteiger partial charge in [-0.1, -0.05) is 17.7 Å². The van der Waals surface area contributed by atoms with Gasteiger partial charge in [0.2, 0.25) is 0 Å². The van der Waals surface area contributed by atoms with Crippen molar-refractivity contribution in [1.29, 1.82) is 0 Å². The Balaban J connectivity index is 2.62. The molecule has 1 aromatic carbocycles. The number of rotatable bonds is 2. The number of benzene rings is 1. The van der Waals surface area contributed by atoms with Crippen LogP contribution in [0, 0.1) is 12.7 Å². The molecule has 2 rings (SSSR count). The van der Waals surface area contributed by atoms with E-state index < -0.39 is 11.8 Å². The lowest BCUT2D eigenvalue weighted by molar-refractivity contribution is 0.0701. The molecule has 1 heterocycles. The van der Waals surface area contributed by atoms with Gasteiger partial charge in [-0.25, -0.2) is 14.2 Å². The number of hydrogen-bond acceptors (Lipinski definition) is 3. The highest BCUT2D eigenvalue weighted by molar-refractivity contribution is 7.17. The molecular weight excluding hydrogens is 265 g/mol. The third-order valence-electron chi connectivity index (χ3n) is 2.17. The average molecular weight is 272 g/mol. The number of carbonyl (C=O) groups is 1. The van der Waals surface area contributed by atoms with E-state index in [9.17, 15) is 9.18 Å². The van der Waals surface area contributed by atoms with Gasteiger partial charge in [0.05, 0.1) is 16.3 Å². The zero-order valence-electron chi connectivity index (χ0n) is 8.70. The van der Waals surface area contributed by atoms with Crippen molar-refractivity contribution in [2.75, 3.05) is 0 Å². The highest BCUT2D eigenvalue weighted by Gasteiger charge is 2.18. The van der Waals surface area contributed by atoms with E-state index in [-0.39, 0.29) is 20.5 Å². The van der Waals surface area contributed by atoms with Gasteiger partial charge in [0, 0.05) is 0 Å². The molecule has 2 aromatic rings. The van der Waals surface area contributed by atoms with Crippen LogP contribution in [0.4, 0.5) is 4.39 Å². The topological polar surface area (TPSA) is 50.2 Å². The minimum Gasteiger partial charge on any atom is -0.477 e. The summed E-state index contributed by atoms with van der Waals surface area (Å²) in [6.45, 7) is 1.57. The molecule has 0 aliphatic rings. The number of carboxylic acid groups (broad SMARTS) is 1. The lowest BCUT2D eigenvalue weighted by atomic mass is 10.2. The van der Waals surface area contributed by atoms with E-state index in [1.54, 1.807) is 6.92 Å². The van der Waals surface area contributed by atoms with Crippen molar-refractivity contribution in [1.82, 2.24) is 4.98 Å². The first-order valence-electron chi connectivity index (χ1n) is 4.66. The summed E-state index contributed by atoms with van der Waals surface area (Å²) in [7, 11) is 0. The minimum atomic E-state index is -1.07. The Hall–Kier alpha value is -1.46. The third kappa shape index (κ3) is 2.16. The second-order valence-electron chi connectivity index (χ2n) is 3.34. The maximum absolute atomic E-state index is 13.6. The molecule has 0 saturated heterocycles. The van der Waals surface area contributed by atoms with E-state index in [0.29, 0.717) is 5.69 Å². The van der Waals surface area contributed by atoms with E-state index in [4.69, 9.17) is 16.7 Å². The molecule has 0 amide bonds. The van der Waals surface area contributed by atoms with Gasteiger partial charge in [0.1, 0.15) is 15.7 Å². The Morgan fingerprint density at radius 1 is 1.53 bits per heavy atom. The van der Waals surface area contributed by atoms with E-state index in [1.165, 1.54) is 18.2 Å². The second kappa shape index (κ2) is 4.43. The largest absolute Gasteiger partial charge is 0.477 e. The molecule has 1 N–H and O–H groups in total. The van der Waals surface area contributed by atoms with Gasteiger partial charge in [-0.3, -0.25) is 0 Å². The first kappa shape index (κ1) is 12.0. The minimum absolute atomic E-state index is 0.0966. The van der Waals surface area contributed by atoms with Crippen LogP contribution in [-0.2, 0) is 0 Å². The molecule has 0 fully saturated rings. The van der Waals surface area contributed by atoms with Gasteiger partial charge in [-0.2, -0.15) is 0 Å². The SMILES string of the molecule is Cc1nc(-c2c(F)cccc2Cl)sc1C(=O)O. The monoisotopic (exact) mass is 271 g/mol. The normalized spacial score (nSPS) is 10.5. The fourth-order valence-corrected chi connectivity index (χ4v) is 2.68.